The average Bonchev–Trinajstić information content (AvgIpc) is 3.31. The Bertz CT molecular complexity index is 1000. The zero-order valence-corrected chi connectivity index (χ0v) is 16.6. The second-order valence-electron chi connectivity index (χ2n) is 7.12. The van der Waals surface area contributed by atoms with E-state index in [1.807, 2.05) is 38.1 Å². The highest BCUT2D eigenvalue weighted by Gasteiger charge is 2.35. The number of carbonyl (C=O) groups excluding carboxylic acids is 2. The fourth-order valence-corrected chi connectivity index (χ4v) is 3.88. The number of anilines is 2. The average molecular weight is 395 g/mol. The van der Waals surface area contributed by atoms with E-state index in [4.69, 9.17) is 16.6 Å². The summed E-state index contributed by atoms with van der Waals surface area (Å²) in [7, 11) is 0. The van der Waals surface area contributed by atoms with Gasteiger partial charge < -0.3 is 9.32 Å². The summed E-state index contributed by atoms with van der Waals surface area (Å²) in [5.74, 6) is 0.249. The third-order valence-electron chi connectivity index (χ3n) is 5.01. The van der Waals surface area contributed by atoms with E-state index < -0.39 is 11.8 Å². The molecule has 0 aliphatic carbocycles. The molecule has 4 rings (SSSR count). The fourth-order valence-electron chi connectivity index (χ4n) is 3.60. The minimum absolute atomic E-state index is 0.00380. The van der Waals surface area contributed by atoms with Crippen LogP contribution in [0.3, 0.4) is 0 Å². The number of rotatable bonds is 3. The molecule has 0 spiro atoms. The van der Waals surface area contributed by atoms with Crippen LogP contribution in [0.15, 0.2) is 40.3 Å². The Labute approximate surface area is 168 Å². The van der Waals surface area contributed by atoms with Crippen molar-refractivity contribution in [1.29, 1.82) is 0 Å². The Kier molecular flexibility index (Phi) is 4.77. The topological polar surface area (TPSA) is 65.8 Å². The molecule has 1 aromatic carbocycles. The summed E-state index contributed by atoms with van der Waals surface area (Å²) in [5.41, 5.74) is 2.64. The first-order chi connectivity index (χ1) is 13.4. The first-order valence-electron chi connectivity index (χ1n) is 9.27. The molecule has 2 aliphatic heterocycles. The van der Waals surface area contributed by atoms with Crippen LogP contribution in [0.4, 0.5) is 11.6 Å². The number of furan rings is 1. The van der Waals surface area contributed by atoms with Crippen LogP contribution in [-0.4, -0.2) is 30.0 Å². The van der Waals surface area contributed by atoms with Gasteiger partial charge in [0.25, 0.3) is 11.8 Å². The monoisotopic (exact) mass is 395 g/mol. The summed E-state index contributed by atoms with van der Waals surface area (Å²) in [6.45, 7) is 5.80. The quantitative estimate of drug-likeness (QED) is 0.491. The lowest BCUT2D eigenvalue weighted by Gasteiger charge is -2.30. The number of hydrogen-bond acceptors (Lipinski definition) is 5. The van der Waals surface area contributed by atoms with Gasteiger partial charge in [-0.15, -0.1) is 0 Å². The van der Waals surface area contributed by atoms with E-state index in [0.29, 0.717) is 11.4 Å². The molecular formula is C21H21N3O3S. The summed E-state index contributed by atoms with van der Waals surface area (Å²) >= 11 is 5.27. The maximum absolute atomic E-state index is 13.1. The highest BCUT2D eigenvalue weighted by Crippen LogP contribution is 2.28. The van der Waals surface area contributed by atoms with Crippen LogP contribution in [0.2, 0.25) is 0 Å². The van der Waals surface area contributed by atoms with Gasteiger partial charge in [-0.05, 0) is 62.7 Å². The van der Waals surface area contributed by atoms with E-state index in [1.54, 1.807) is 6.07 Å². The molecule has 7 heteroatoms. The standard InChI is InChI=1S/C21H21N3O3S/c1-13-5-7-17(14(2)11-13)24-20(26)16(19(25)22-21(24)28)12-15-6-8-18(27-15)23-9-3-4-10-23/h5-8,11-12H,3-4,9-10H2,1-2H3,(H,22,25,28)/b16-12+. The normalized spacial score (nSPS) is 18.9. The van der Waals surface area contributed by atoms with Crippen molar-refractivity contribution in [2.45, 2.75) is 26.7 Å². The van der Waals surface area contributed by atoms with E-state index in [1.165, 1.54) is 11.0 Å². The van der Waals surface area contributed by atoms with Crippen molar-refractivity contribution >= 4 is 46.8 Å². The number of hydrogen-bond donors (Lipinski definition) is 1. The molecule has 2 aliphatic rings. The van der Waals surface area contributed by atoms with Gasteiger partial charge in [0.15, 0.2) is 11.0 Å². The molecule has 2 aromatic rings. The van der Waals surface area contributed by atoms with Crippen LogP contribution >= 0.6 is 12.2 Å². The molecule has 0 radical (unpaired) electrons. The zero-order chi connectivity index (χ0) is 19.8. The predicted octanol–water partition coefficient (Wildman–Crippen LogP) is 3.33. The minimum atomic E-state index is -0.518. The lowest BCUT2D eigenvalue weighted by molar-refractivity contribution is -0.122. The van der Waals surface area contributed by atoms with Crippen molar-refractivity contribution in [2.75, 3.05) is 22.9 Å². The van der Waals surface area contributed by atoms with Gasteiger partial charge in [-0.3, -0.25) is 19.8 Å². The molecule has 6 nitrogen and oxygen atoms in total. The maximum atomic E-state index is 13.1. The smallest absolute Gasteiger partial charge is 0.270 e. The molecule has 28 heavy (non-hydrogen) atoms. The van der Waals surface area contributed by atoms with Crippen LogP contribution in [0.5, 0.6) is 0 Å². The molecule has 0 atom stereocenters. The molecule has 0 saturated carbocycles. The molecule has 2 amide bonds. The van der Waals surface area contributed by atoms with Gasteiger partial charge in [-0.2, -0.15) is 0 Å². The molecule has 0 unspecified atom stereocenters. The van der Waals surface area contributed by atoms with Crippen LogP contribution in [0.25, 0.3) is 6.08 Å². The van der Waals surface area contributed by atoms with Gasteiger partial charge in [0.05, 0.1) is 5.69 Å². The number of carbonyl (C=O) groups is 2. The lowest BCUT2D eigenvalue weighted by atomic mass is 10.1. The summed E-state index contributed by atoms with van der Waals surface area (Å²) < 4.78 is 5.84. The number of benzene rings is 1. The minimum Gasteiger partial charge on any atom is -0.441 e. The van der Waals surface area contributed by atoms with Crippen molar-refractivity contribution in [1.82, 2.24) is 5.32 Å². The second-order valence-corrected chi connectivity index (χ2v) is 7.50. The van der Waals surface area contributed by atoms with E-state index in [0.717, 1.165) is 42.9 Å². The third kappa shape index (κ3) is 3.33. The van der Waals surface area contributed by atoms with Crippen molar-refractivity contribution in [3.05, 3.63) is 52.8 Å². The highest BCUT2D eigenvalue weighted by atomic mass is 32.1. The molecular weight excluding hydrogens is 374 g/mol. The Balaban J connectivity index is 1.66. The Morgan fingerprint density at radius 1 is 1.11 bits per heavy atom. The number of nitrogens with zero attached hydrogens (tertiary/aromatic N) is 2. The van der Waals surface area contributed by atoms with Crippen LogP contribution < -0.4 is 15.1 Å². The number of nitrogens with one attached hydrogen (secondary N) is 1. The number of aryl methyl sites for hydroxylation is 2. The van der Waals surface area contributed by atoms with Gasteiger partial charge in [0.2, 0.25) is 0 Å². The predicted molar refractivity (Wildman–Crippen MR) is 112 cm³/mol. The van der Waals surface area contributed by atoms with Crippen molar-refractivity contribution < 1.29 is 14.0 Å². The summed E-state index contributed by atoms with van der Waals surface area (Å²) in [5, 5.41) is 2.69. The summed E-state index contributed by atoms with van der Waals surface area (Å²) in [4.78, 5) is 29.1. The fraction of sp³-hybridized carbons (Fsp3) is 0.286. The highest BCUT2D eigenvalue weighted by molar-refractivity contribution is 7.80. The first kappa shape index (κ1) is 18.4. The van der Waals surface area contributed by atoms with Crippen LogP contribution in [0.1, 0.15) is 29.7 Å². The number of amides is 2. The molecule has 144 valence electrons. The van der Waals surface area contributed by atoms with Crippen molar-refractivity contribution in [3.63, 3.8) is 0 Å². The van der Waals surface area contributed by atoms with Gasteiger partial charge in [0.1, 0.15) is 11.3 Å². The Hall–Kier alpha value is -2.93. The van der Waals surface area contributed by atoms with Gasteiger partial charge in [-0.25, -0.2) is 0 Å². The Morgan fingerprint density at radius 3 is 2.57 bits per heavy atom. The lowest BCUT2D eigenvalue weighted by Crippen LogP contribution is -2.54. The molecule has 0 bridgehead atoms. The molecule has 1 N–H and O–H groups in total. The molecule has 2 saturated heterocycles. The van der Waals surface area contributed by atoms with E-state index in [2.05, 4.69) is 10.2 Å². The van der Waals surface area contributed by atoms with E-state index in [9.17, 15) is 9.59 Å². The molecule has 2 fully saturated rings. The van der Waals surface area contributed by atoms with Crippen LogP contribution in [0, 0.1) is 13.8 Å². The largest absolute Gasteiger partial charge is 0.441 e. The second kappa shape index (κ2) is 7.24. The van der Waals surface area contributed by atoms with Gasteiger partial charge in [-0.1, -0.05) is 17.7 Å². The summed E-state index contributed by atoms with van der Waals surface area (Å²) in [6.07, 6.45) is 3.76. The summed E-state index contributed by atoms with van der Waals surface area (Å²) in [6, 6.07) is 9.36. The van der Waals surface area contributed by atoms with Crippen molar-refractivity contribution in [3.8, 4) is 0 Å². The Morgan fingerprint density at radius 2 is 1.86 bits per heavy atom. The van der Waals surface area contributed by atoms with Gasteiger partial charge >= 0.3 is 0 Å². The zero-order valence-electron chi connectivity index (χ0n) is 15.8. The first-order valence-corrected chi connectivity index (χ1v) is 9.68. The third-order valence-corrected chi connectivity index (χ3v) is 5.30. The van der Waals surface area contributed by atoms with E-state index >= 15 is 0 Å². The van der Waals surface area contributed by atoms with Gasteiger partial charge in [0, 0.05) is 19.2 Å². The van der Waals surface area contributed by atoms with Crippen LogP contribution in [-0.2, 0) is 9.59 Å². The SMILES string of the molecule is Cc1ccc(N2C(=O)/C(=C/c3ccc(N4CCCC4)o3)C(=O)NC2=S)c(C)c1. The maximum Gasteiger partial charge on any atom is 0.270 e. The van der Waals surface area contributed by atoms with Crippen molar-refractivity contribution in [2.24, 2.45) is 0 Å². The van der Waals surface area contributed by atoms with E-state index in [-0.39, 0.29) is 10.7 Å². The number of thiocarbonyl (C=S) groups is 1. The molecule has 3 heterocycles. The molecule has 1 aromatic heterocycles.